The molecular formula is C24H46O2. The molecule has 0 amide bonds. The predicted octanol–water partition coefficient (Wildman–Crippen LogP) is 8.45. The van der Waals surface area contributed by atoms with Gasteiger partial charge >= 0.3 is 5.97 Å². The number of carboxylic acid groups (broad SMARTS) is 1. The first-order valence-electron chi connectivity index (χ1n) is 11.6. The van der Waals surface area contributed by atoms with Gasteiger partial charge in [-0.1, -0.05) is 109 Å². The molecule has 0 aliphatic heterocycles. The Morgan fingerprint density at radius 2 is 0.923 bits per heavy atom. The Morgan fingerprint density at radius 1 is 0.577 bits per heavy atom. The first-order chi connectivity index (χ1) is 12.8. The molecule has 0 aromatic heterocycles. The fourth-order valence-electron chi connectivity index (χ4n) is 3.41. The van der Waals surface area contributed by atoms with Crippen molar-refractivity contribution in [2.75, 3.05) is 0 Å². The molecule has 0 aromatic rings. The lowest BCUT2D eigenvalue weighted by Crippen LogP contribution is -1.93. The van der Waals surface area contributed by atoms with Crippen molar-refractivity contribution in [3.63, 3.8) is 0 Å². The maximum atomic E-state index is 10.4. The molecule has 0 fully saturated rings. The second kappa shape index (κ2) is 22.3. The molecule has 2 heteroatoms. The summed E-state index contributed by atoms with van der Waals surface area (Å²) in [7, 11) is 0. The van der Waals surface area contributed by atoms with Gasteiger partial charge in [-0.05, 0) is 32.1 Å². The SMILES string of the molecule is CCCCCCCCCC/C=C/CCCCCCCCCCCC(=O)O. The van der Waals surface area contributed by atoms with Gasteiger partial charge in [0.15, 0.2) is 0 Å². The Balaban J connectivity index is 3.07. The summed E-state index contributed by atoms with van der Waals surface area (Å²) in [5.41, 5.74) is 0. The third-order valence-electron chi connectivity index (χ3n) is 5.15. The van der Waals surface area contributed by atoms with Gasteiger partial charge in [-0.3, -0.25) is 4.79 Å². The van der Waals surface area contributed by atoms with Crippen molar-refractivity contribution in [1.29, 1.82) is 0 Å². The molecule has 0 aromatic carbocycles. The summed E-state index contributed by atoms with van der Waals surface area (Å²) in [5, 5.41) is 8.57. The molecule has 154 valence electrons. The van der Waals surface area contributed by atoms with E-state index in [1.54, 1.807) is 0 Å². The first kappa shape index (κ1) is 25.2. The zero-order valence-corrected chi connectivity index (χ0v) is 17.7. The average Bonchev–Trinajstić information content (AvgIpc) is 2.62. The topological polar surface area (TPSA) is 37.3 Å². The normalized spacial score (nSPS) is 11.4. The minimum Gasteiger partial charge on any atom is -0.481 e. The van der Waals surface area contributed by atoms with Crippen molar-refractivity contribution >= 4 is 5.97 Å². The summed E-state index contributed by atoms with van der Waals surface area (Å²) in [6, 6.07) is 0. The van der Waals surface area contributed by atoms with E-state index in [9.17, 15) is 4.79 Å². The molecule has 0 saturated carbocycles. The van der Waals surface area contributed by atoms with Crippen molar-refractivity contribution in [2.45, 2.75) is 135 Å². The quantitative estimate of drug-likeness (QED) is 0.163. The molecule has 0 atom stereocenters. The third-order valence-corrected chi connectivity index (χ3v) is 5.15. The number of aliphatic carboxylic acids is 1. The van der Waals surface area contributed by atoms with Crippen LogP contribution in [0.5, 0.6) is 0 Å². The molecule has 0 saturated heterocycles. The number of carboxylic acids is 1. The van der Waals surface area contributed by atoms with E-state index in [2.05, 4.69) is 19.1 Å². The summed E-state index contributed by atoms with van der Waals surface area (Å²) in [6.45, 7) is 2.28. The van der Waals surface area contributed by atoms with E-state index in [1.807, 2.05) is 0 Å². The molecule has 2 nitrogen and oxygen atoms in total. The Hall–Kier alpha value is -0.790. The van der Waals surface area contributed by atoms with Gasteiger partial charge < -0.3 is 5.11 Å². The Bertz CT molecular complexity index is 309. The monoisotopic (exact) mass is 366 g/mol. The van der Waals surface area contributed by atoms with Crippen LogP contribution in [0.1, 0.15) is 135 Å². The van der Waals surface area contributed by atoms with Crippen molar-refractivity contribution in [3.8, 4) is 0 Å². The molecule has 0 heterocycles. The van der Waals surface area contributed by atoms with Crippen LogP contribution in [0.15, 0.2) is 12.2 Å². The van der Waals surface area contributed by atoms with Gasteiger partial charge in [0, 0.05) is 6.42 Å². The van der Waals surface area contributed by atoms with E-state index in [-0.39, 0.29) is 0 Å². The fourth-order valence-corrected chi connectivity index (χ4v) is 3.41. The van der Waals surface area contributed by atoms with Gasteiger partial charge in [0.2, 0.25) is 0 Å². The van der Waals surface area contributed by atoms with Crippen molar-refractivity contribution in [2.24, 2.45) is 0 Å². The van der Waals surface area contributed by atoms with E-state index in [0.717, 1.165) is 12.8 Å². The molecule has 0 rings (SSSR count). The summed E-state index contributed by atoms with van der Waals surface area (Å²) in [5.74, 6) is -0.656. The highest BCUT2D eigenvalue weighted by Crippen LogP contribution is 2.12. The van der Waals surface area contributed by atoms with E-state index in [0.29, 0.717) is 6.42 Å². The zero-order chi connectivity index (χ0) is 19.1. The summed E-state index contributed by atoms with van der Waals surface area (Å²) < 4.78 is 0. The largest absolute Gasteiger partial charge is 0.481 e. The molecule has 0 aliphatic carbocycles. The number of hydrogen-bond donors (Lipinski definition) is 1. The van der Waals surface area contributed by atoms with Crippen molar-refractivity contribution in [3.05, 3.63) is 12.2 Å². The minimum atomic E-state index is -0.656. The number of rotatable bonds is 21. The minimum absolute atomic E-state index is 0.340. The zero-order valence-electron chi connectivity index (χ0n) is 17.7. The lowest BCUT2D eigenvalue weighted by atomic mass is 10.1. The highest BCUT2D eigenvalue weighted by atomic mass is 16.4. The Kier molecular flexibility index (Phi) is 21.6. The van der Waals surface area contributed by atoms with Gasteiger partial charge in [-0.25, -0.2) is 0 Å². The Morgan fingerprint density at radius 3 is 1.31 bits per heavy atom. The molecule has 0 unspecified atom stereocenters. The molecule has 0 spiro atoms. The molecule has 26 heavy (non-hydrogen) atoms. The first-order valence-corrected chi connectivity index (χ1v) is 11.6. The van der Waals surface area contributed by atoms with Crippen molar-refractivity contribution in [1.82, 2.24) is 0 Å². The maximum Gasteiger partial charge on any atom is 0.303 e. The number of allylic oxidation sites excluding steroid dienone is 2. The molecule has 0 radical (unpaired) electrons. The van der Waals surface area contributed by atoms with E-state index in [1.165, 1.54) is 109 Å². The second-order valence-electron chi connectivity index (χ2n) is 7.85. The second-order valence-corrected chi connectivity index (χ2v) is 7.85. The fraction of sp³-hybridized carbons (Fsp3) is 0.875. The number of carbonyl (C=O) groups is 1. The van der Waals surface area contributed by atoms with Crippen LogP contribution >= 0.6 is 0 Å². The molecule has 0 bridgehead atoms. The number of unbranched alkanes of at least 4 members (excludes halogenated alkanes) is 17. The summed E-state index contributed by atoms with van der Waals surface area (Å²) in [4.78, 5) is 10.4. The molecular weight excluding hydrogens is 320 g/mol. The lowest BCUT2D eigenvalue weighted by molar-refractivity contribution is -0.137. The molecule has 0 aliphatic rings. The van der Waals surface area contributed by atoms with Crippen LogP contribution in [0.2, 0.25) is 0 Å². The summed E-state index contributed by atoms with van der Waals surface area (Å²) >= 11 is 0. The van der Waals surface area contributed by atoms with Gasteiger partial charge in [-0.2, -0.15) is 0 Å². The number of hydrogen-bond acceptors (Lipinski definition) is 1. The van der Waals surface area contributed by atoms with E-state index >= 15 is 0 Å². The lowest BCUT2D eigenvalue weighted by Gasteiger charge is -2.01. The molecule has 1 N–H and O–H groups in total. The highest BCUT2D eigenvalue weighted by molar-refractivity contribution is 5.66. The standard InChI is InChI=1S/C24H46O2/c1-2-3-4-5-6-7-8-9-10-11-12-13-14-15-16-17-18-19-20-21-22-23-24(25)26/h11-12H,2-10,13-23H2,1H3,(H,25,26)/b12-11+. The van der Waals surface area contributed by atoms with Crippen LogP contribution in [0.3, 0.4) is 0 Å². The van der Waals surface area contributed by atoms with Crippen LogP contribution in [-0.2, 0) is 4.79 Å². The van der Waals surface area contributed by atoms with E-state index in [4.69, 9.17) is 5.11 Å². The highest BCUT2D eigenvalue weighted by Gasteiger charge is 1.96. The van der Waals surface area contributed by atoms with Crippen LogP contribution in [-0.4, -0.2) is 11.1 Å². The third kappa shape index (κ3) is 23.2. The van der Waals surface area contributed by atoms with E-state index < -0.39 is 5.97 Å². The Labute approximate surface area is 163 Å². The van der Waals surface area contributed by atoms with Crippen LogP contribution in [0.25, 0.3) is 0 Å². The summed E-state index contributed by atoms with van der Waals surface area (Å²) in [6.07, 6.45) is 30.1. The maximum absolute atomic E-state index is 10.4. The van der Waals surface area contributed by atoms with Crippen LogP contribution in [0, 0.1) is 0 Å². The van der Waals surface area contributed by atoms with Gasteiger partial charge in [0.05, 0.1) is 0 Å². The predicted molar refractivity (Wildman–Crippen MR) is 115 cm³/mol. The van der Waals surface area contributed by atoms with Gasteiger partial charge in [-0.15, -0.1) is 0 Å². The van der Waals surface area contributed by atoms with Crippen molar-refractivity contribution < 1.29 is 9.90 Å². The van der Waals surface area contributed by atoms with Crippen LogP contribution in [0.4, 0.5) is 0 Å². The smallest absolute Gasteiger partial charge is 0.303 e. The van der Waals surface area contributed by atoms with Gasteiger partial charge in [0.25, 0.3) is 0 Å². The average molecular weight is 367 g/mol. The van der Waals surface area contributed by atoms with Crippen LogP contribution < -0.4 is 0 Å². The van der Waals surface area contributed by atoms with Gasteiger partial charge in [0.1, 0.15) is 0 Å².